The fourth-order valence-corrected chi connectivity index (χ4v) is 17.0. The third-order valence-corrected chi connectivity index (χ3v) is 25.1. The van der Waals surface area contributed by atoms with Crippen LogP contribution >= 0.6 is 11.8 Å². The number of methoxy groups -OCH3 is 6. The average Bonchev–Trinajstić information content (AvgIpc) is 1.66. The average molecular weight is 1890 g/mol. The first-order chi connectivity index (χ1) is 65.0. The highest BCUT2D eigenvalue weighted by Crippen LogP contribution is 2.34. The summed E-state index contributed by atoms with van der Waals surface area (Å²) in [5.41, 5.74) is 28.8. The minimum atomic E-state index is -0.940. The maximum absolute atomic E-state index is 14.7. The number of nitrogens with one attached hydrogen (secondary N) is 4. The summed E-state index contributed by atoms with van der Waals surface area (Å²) in [6, 6.07) is 44.1. The summed E-state index contributed by atoms with van der Waals surface area (Å²) in [7, 11) is 9.42. The molecular formula is C99H141N17O18S. The number of primary amides is 1. The van der Waals surface area contributed by atoms with Crippen LogP contribution in [0, 0.1) is 0 Å². The van der Waals surface area contributed by atoms with E-state index in [4.69, 9.17) is 51.4 Å². The molecule has 35 nitrogen and oxygen atoms in total. The van der Waals surface area contributed by atoms with Gasteiger partial charge >= 0.3 is 0 Å². The van der Waals surface area contributed by atoms with Crippen molar-refractivity contribution in [2.75, 3.05) is 192 Å². The second-order valence-corrected chi connectivity index (χ2v) is 34.4. The molecule has 2 heterocycles. The number of carbonyl (C=O) groups is 12. The first-order valence-corrected chi connectivity index (χ1v) is 47.1. The van der Waals surface area contributed by atoms with Crippen molar-refractivity contribution < 1.29 is 86.0 Å². The van der Waals surface area contributed by atoms with Crippen molar-refractivity contribution in [1.82, 2.24) is 65.4 Å². The zero-order chi connectivity index (χ0) is 98.1. The molecule has 135 heavy (non-hydrogen) atoms. The van der Waals surface area contributed by atoms with Crippen molar-refractivity contribution in [2.45, 2.75) is 128 Å². The van der Waals surface area contributed by atoms with E-state index in [2.05, 4.69) is 27.8 Å². The molecule has 736 valence electrons. The van der Waals surface area contributed by atoms with Gasteiger partial charge in [0.25, 0.3) is 0 Å². The van der Waals surface area contributed by atoms with Crippen LogP contribution < -0.4 is 72.6 Å². The maximum Gasteiger partial charge on any atom is 0.242 e. The summed E-state index contributed by atoms with van der Waals surface area (Å²) in [5.74, 6) is 0.751. The van der Waals surface area contributed by atoms with Crippen LogP contribution in [-0.4, -0.2) is 331 Å². The second kappa shape index (κ2) is 59.2. The van der Waals surface area contributed by atoms with Gasteiger partial charge in [-0.2, -0.15) is 11.8 Å². The molecule has 0 aliphatic carbocycles. The molecule has 0 bridgehead atoms. The van der Waals surface area contributed by atoms with Crippen molar-refractivity contribution in [2.24, 2.45) is 22.9 Å². The predicted octanol–water partition coefficient (Wildman–Crippen LogP) is 4.21. The molecule has 0 spiro atoms. The van der Waals surface area contributed by atoms with Gasteiger partial charge in [-0.15, -0.1) is 0 Å². The molecule has 4 atom stereocenters. The number of amides is 12. The van der Waals surface area contributed by atoms with Crippen LogP contribution in [0.2, 0.25) is 0 Å². The summed E-state index contributed by atoms with van der Waals surface area (Å²) in [5, 5.41) is 13.0. The number of nitrogens with zero attached hydrogens (tertiary/aromatic N) is 9. The van der Waals surface area contributed by atoms with Gasteiger partial charge in [0.1, 0.15) is 40.5 Å². The summed E-state index contributed by atoms with van der Waals surface area (Å²) >= 11 is 1.97. The topological polar surface area (TPSA) is 442 Å². The van der Waals surface area contributed by atoms with Crippen LogP contribution in [0.3, 0.4) is 0 Å². The van der Waals surface area contributed by atoms with Gasteiger partial charge in [-0.1, -0.05) is 85.8 Å². The van der Waals surface area contributed by atoms with E-state index in [0.717, 1.165) is 70.0 Å². The highest BCUT2D eigenvalue weighted by atomic mass is 32.2. The highest BCUT2D eigenvalue weighted by Gasteiger charge is 2.41. The van der Waals surface area contributed by atoms with E-state index < -0.39 is 79.5 Å². The van der Waals surface area contributed by atoms with Gasteiger partial charge in [0.05, 0.1) is 113 Å². The fraction of sp³-hybridized carbons (Fsp3) is 0.495. The largest absolute Gasteiger partial charge is 0.497 e. The lowest BCUT2D eigenvalue weighted by Gasteiger charge is -2.32. The van der Waals surface area contributed by atoms with Crippen molar-refractivity contribution >= 4 is 82.6 Å². The molecular weight excluding hydrogens is 1750 g/mol. The van der Waals surface area contributed by atoms with Crippen molar-refractivity contribution in [3.05, 3.63) is 191 Å². The minimum absolute atomic E-state index is 0.000731. The first kappa shape index (κ1) is 109. The summed E-state index contributed by atoms with van der Waals surface area (Å²) in [6.45, 7) is 8.00. The Morgan fingerprint density at radius 2 is 0.674 bits per heavy atom. The Morgan fingerprint density at radius 1 is 0.385 bits per heavy atom. The molecule has 6 aromatic carbocycles. The van der Waals surface area contributed by atoms with Gasteiger partial charge < -0.3 is 117 Å². The molecule has 2 saturated heterocycles. The number of carbonyl (C=O) groups excluding carboxylic acids is 12. The third-order valence-electron chi connectivity index (χ3n) is 23.6. The van der Waals surface area contributed by atoms with Gasteiger partial charge in [0.15, 0.2) is 0 Å². The number of rotatable bonds is 59. The Kier molecular flexibility index (Phi) is 47.9. The van der Waals surface area contributed by atoms with E-state index in [1.165, 1.54) is 53.0 Å². The lowest BCUT2D eigenvalue weighted by molar-refractivity contribution is -0.148. The van der Waals surface area contributed by atoms with E-state index in [9.17, 15) is 57.5 Å². The van der Waals surface area contributed by atoms with E-state index >= 15 is 0 Å². The molecule has 1 unspecified atom stereocenters. The number of hydrogen-bond acceptors (Lipinski definition) is 24. The van der Waals surface area contributed by atoms with Crippen LogP contribution in [-0.2, 0) is 96.1 Å². The first-order valence-electron chi connectivity index (χ1n) is 46.1. The Labute approximate surface area is 798 Å². The Morgan fingerprint density at radius 3 is 0.985 bits per heavy atom. The highest BCUT2D eigenvalue weighted by molar-refractivity contribution is 8.00. The van der Waals surface area contributed by atoms with Crippen molar-refractivity contribution in [3.8, 4) is 34.5 Å². The Balaban J connectivity index is 0.000000390. The molecule has 36 heteroatoms. The van der Waals surface area contributed by atoms with Gasteiger partial charge in [0, 0.05) is 123 Å². The van der Waals surface area contributed by atoms with Crippen molar-refractivity contribution in [3.63, 3.8) is 0 Å². The van der Waals surface area contributed by atoms with Gasteiger partial charge in [-0.3, -0.25) is 57.5 Å². The molecule has 12 amide bonds. The minimum Gasteiger partial charge on any atom is -0.497 e. The van der Waals surface area contributed by atoms with E-state index in [0.29, 0.717) is 130 Å². The molecule has 2 aliphatic rings. The van der Waals surface area contributed by atoms with Crippen LogP contribution in [0.1, 0.15) is 99.1 Å². The smallest absolute Gasteiger partial charge is 0.242 e. The molecule has 0 radical (unpaired) electrons. The Bertz CT molecular complexity index is 4730. The van der Waals surface area contributed by atoms with Crippen LogP contribution in [0.25, 0.3) is 0 Å². The predicted molar refractivity (Wildman–Crippen MR) is 519 cm³/mol. The number of ether oxygens (including phenoxy) is 6. The lowest BCUT2D eigenvalue weighted by Crippen LogP contribution is -2.53. The molecule has 0 aromatic heterocycles. The number of fused-ring (bicyclic) bond motifs is 1. The SMILES string of the molecule is C=C1N[C@@H]2CSC(CCCCC(=O)NCCCC[C@H](NC(=O)CN(CCc3ccc(OC)cc3)C(=O)CN(CCc3ccc(OC)cc3)C(C)=O)C(N)=O)[C@@H]2N1.CCN(CCN)C(=O)CN(CCc1ccc(OC)cc1)C(=O)CN(CCc1ccc(OC)cc1)C(=O)CN(CCN)C(=O)CN(CCc1ccc(OC)cc1)C(=O)CN(CCc1ccc(OC)cc1)C(=O)CN(CCN)C(C)=O. The molecule has 0 saturated carbocycles. The zero-order valence-electron chi connectivity index (χ0n) is 79.9. The van der Waals surface area contributed by atoms with Gasteiger partial charge in [-0.25, -0.2) is 0 Å². The Hall–Kier alpha value is -12.7. The number of thioether (sulfide) groups is 1. The van der Waals surface area contributed by atoms with E-state index in [1.54, 1.807) is 84.0 Å². The number of hydrogen-bond donors (Lipinski definition) is 8. The monoisotopic (exact) mass is 1890 g/mol. The van der Waals surface area contributed by atoms with Gasteiger partial charge in [0.2, 0.25) is 70.9 Å². The molecule has 2 fully saturated rings. The normalized spacial score (nSPS) is 13.5. The summed E-state index contributed by atoms with van der Waals surface area (Å²) < 4.78 is 31.8. The quantitative estimate of drug-likeness (QED) is 0.0248. The number of benzene rings is 6. The van der Waals surface area contributed by atoms with Gasteiger partial charge in [-0.05, 0) is 184 Å². The fourth-order valence-electron chi connectivity index (χ4n) is 15.4. The number of nitrogens with two attached hydrogens (primary N) is 4. The number of likely N-dealkylation sites (N-methyl/N-ethyl adjacent to an activating group) is 1. The van der Waals surface area contributed by atoms with E-state index in [-0.39, 0.29) is 122 Å². The number of unbranched alkanes of at least 4 members (excludes halogenated alkanes) is 2. The van der Waals surface area contributed by atoms with Crippen LogP contribution in [0.15, 0.2) is 158 Å². The van der Waals surface area contributed by atoms with E-state index in [1.807, 2.05) is 128 Å². The lowest BCUT2D eigenvalue weighted by atomic mass is 10.0. The third kappa shape index (κ3) is 38.3. The standard InChI is InChI=1S/C58H82N10O11.C41H59N7O7S/c1-7-62(35-28-59)53(70)39-64(31-24-45-8-16-49(76-3)17-9-45)55(72)41-66(33-26-47-12-20-51(78-5)21-13-47)57(74)43-68(37-30-61)58(75)42-67(34-27-48-14-22-52(79-6)23-15-48)56(73)40-65(54(71)38-63(36-29-60)44(2)69)32-25-46-10-18-50(77-4)19-11-46;1-28-44-35-27-56-36(40(35)45-28)10-5-6-11-37(50)43-22-8-7-9-34(41(42)53)46-38(51)25-48(24-21-31-14-18-33(55-4)19-15-31)39(52)26-47(29(2)49)23-20-30-12-16-32(54-3)17-13-30/h8-23H,7,24-43,59-61H2,1-6H3;12-19,34-36,40,44-45H,1,5-11,20-27H2,2-4H3,(H2,42,53)(H,43,50)(H,46,51)/t;34-,35+,36?,40+/m.0/s1. The molecule has 8 rings (SSSR count). The van der Waals surface area contributed by atoms with Crippen molar-refractivity contribution in [1.29, 1.82) is 0 Å². The summed E-state index contributed by atoms with van der Waals surface area (Å²) in [4.78, 5) is 176. The van der Waals surface area contributed by atoms with Crippen LogP contribution in [0.4, 0.5) is 0 Å². The summed E-state index contributed by atoms with van der Waals surface area (Å²) in [6.07, 6.45) is 7.14. The molecule has 12 N–H and O–H groups in total. The molecule has 6 aromatic rings. The zero-order valence-corrected chi connectivity index (χ0v) is 80.7. The second-order valence-electron chi connectivity index (χ2n) is 33.1. The maximum atomic E-state index is 14.7. The van der Waals surface area contributed by atoms with Crippen LogP contribution in [0.5, 0.6) is 34.5 Å². The molecule has 2 aliphatic heterocycles.